The van der Waals surface area contributed by atoms with Gasteiger partial charge in [-0.15, -0.1) is 0 Å². The molecule has 5 nitrogen and oxygen atoms in total. The Morgan fingerprint density at radius 3 is 2.76 bits per heavy atom. The summed E-state index contributed by atoms with van der Waals surface area (Å²) in [5, 5.41) is 6.22. The van der Waals surface area contributed by atoms with E-state index in [4.69, 9.17) is 4.74 Å². The van der Waals surface area contributed by atoms with E-state index in [1.54, 1.807) is 0 Å². The number of nitrogens with zero attached hydrogens (tertiary/aromatic N) is 1. The maximum Gasteiger partial charge on any atom is 0.240 e. The third-order valence-corrected chi connectivity index (χ3v) is 3.66. The van der Waals surface area contributed by atoms with Crippen LogP contribution in [-0.4, -0.2) is 50.2 Å². The first-order valence-corrected chi connectivity index (χ1v) is 7.42. The lowest BCUT2D eigenvalue weighted by molar-refractivity contribution is -0.129. The summed E-state index contributed by atoms with van der Waals surface area (Å²) in [5.74, 6) is 0.00172. The highest BCUT2D eigenvalue weighted by Crippen LogP contribution is 2.11. The van der Waals surface area contributed by atoms with Crippen LogP contribution in [0.15, 0.2) is 24.3 Å². The molecule has 0 unspecified atom stereocenters. The van der Waals surface area contributed by atoms with Gasteiger partial charge in [-0.25, -0.2) is 0 Å². The molecule has 116 valence electrons. The monoisotopic (exact) mass is 291 g/mol. The second kappa shape index (κ2) is 7.54. The molecule has 0 aliphatic carbocycles. The molecule has 1 aliphatic heterocycles. The molecule has 0 saturated carbocycles. The van der Waals surface area contributed by atoms with Gasteiger partial charge in [0.25, 0.3) is 0 Å². The average Bonchev–Trinajstić information content (AvgIpc) is 2.46. The molecule has 1 aromatic rings. The first kappa shape index (κ1) is 15.9. The predicted molar refractivity (Wildman–Crippen MR) is 82.9 cm³/mol. The van der Waals surface area contributed by atoms with E-state index in [0.717, 1.165) is 18.7 Å². The zero-order valence-electron chi connectivity index (χ0n) is 13.1. The Morgan fingerprint density at radius 1 is 1.38 bits per heavy atom. The summed E-state index contributed by atoms with van der Waals surface area (Å²) < 4.78 is 5.51. The lowest BCUT2D eigenvalue weighted by Gasteiger charge is -2.29. The molecular weight excluding hydrogens is 266 g/mol. The number of carbonyl (C=O) groups excluding carboxylic acids is 1. The second-order valence-corrected chi connectivity index (χ2v) is 5.73. The maximum absolute atomic E-state index is 12.3. The molecule has 0 bridgehead atoms. The highest BCUT2D eigenvalue weighted by atomic mass is 16.5. The molecule has 1 fully saturated rings. The van der Waals surface area contributed by atoms with Crippen molar-refractivity contribution < 1.29 is 9.53 Å². The van der Waals surface area contributed by atoms with Gasteiger partial charge in [-0.2, -0.15) is 0 Å². The fraction of sp³-hybridized carbons (Fsp3) is 0.562. The summed E-state index contributed by atoms with van der Waals surface area (Å²) >= 11 is 0. The number of rotatable bonds is 5. The van der Waals surface area contributed by atoms with Crippen molar-refractivity contribution in [3.8, 4) is 0 Å². The molecule has 2 atom stereocenters. The van der Waals surface area contributed by atoms with Crippen LogP contribution < -0.4 is 10.6 Å². The second-order valence-electron chi connectivity index (χ2n) is 5.73. The number of carbonyl (C=O) groups is 1. The van der Waals surface area contributed by atoms with E-state index >= 15 is 0 Å². The van der Waals surface area contributed by atoms with E-state index in [1.807, 2.05) is 33.2 Å². The fourth-order valence-electron chi connectivity index (χ4n) is 2.54. The SMILES string of the molecule is C[C@H]1OCCN[C@@H]1C(=O)NCc1ccccc1CN(C)C. The number of ether oxygens (including phenoxy) is 1. The largest absolute Gasteiger partial charge is 0.375 e. The lowest BCUT2D eigenvalue weighted by Crippen LogP contribution is -2.55. The minimum absolute atomic E-state index is 0.00172. The molecule has 2 rings (SSSR count). The number of nitrogens with one attached hydrogen (secondary N) is 2. The lowest BCUT2D eigenvalue weighted by atomic mass is 10.1. The molecule has 2 N–H and O–H groups in total. The normalized spacial score (nSPS) is 22.3. The molecule has 1 heterocycles. The average molecular weight is 291 g/mol. The predicted octanol–water partition coefficient (Wildman–Crippen LogP) is 0.741. The first-order chi connectivity index (χ1) is 10.1. The first-order valence-electron chi connectivity index (χ1n) is 7.42. The summed E-state index contributed by atoms with van der Waals surface area (Å²) in [7, 11) is 4.08. The fourth-order valence-corrected chi connectivity index (χ4v) is 2.54. The van der Waals surface area contributed by atoms with Gasteiger partial charge in [0.2, 0.25) is 5.91 Å². The van der Waals surface area contributed by atoms with Gasteiger partial charge >= 0.3 is 0 Å². The molecular formula is C16H25N3O2. The Kier molecular flexibility index (Phi) is 5.73. The minimum atomic E-state index is -0.264. The van der Waals surface area contributed by atoms with Gasteiger partial charge in [-0.1, -0.05) is 24.3 Å². The summed E-state index contributed by atoms with van der Waals surface area (Å²) in [5.41, 5.74) is 2.40. The number of hydrogen-bond donors (Lipinski definition) is 2. The number of amides is 1. The van der Waals surface area contributed by atoms with Crippen molar-refractivity contribution in [1.29, 1.82) is 0 Å². The Labute approximate surface area is 126 Å². The van der Waals surface area contributed by atoms with Crippen molar-refractivity contribution in [3.63, 3.8) is 0 Å². The van der Waals surface area contributed by atoms with E-state index in [-0.39, 0.29) is 18.1 Å². The summed E-state index contributed by atoms with van der Waals surface area (Å²) in [6.07, 6.45) is -0.0873. The van der Waals surface area contributed by atoms with Gasteiger partial charge in [-0.05, 0) is 32.1 Å². The zero-order chi connectivity index (χ0) is 15.2. The number of morpholine rings is 1. The minimum Gasteiger partial charge on any atom is -0.375 e. The van der Waals surface area contributed by atoms with Crippen LogP contribution in [-0.2, 0) is 22.6 Å². The molecule has 21 heavy (non-hydrogen) atoms. The van der Waals surface area contributed by atoms with Crippen LogP contribution in [0.5, 0.6) is 0 Å². The number of benzene rings is 1. The van der Waals surface area contributed by atoms with Crippen LogP contribution in [0.1, 0.15) is 18.1 Å². The van der Waals surface area contributed by atoms with Crippen molar-refractivity contribution in [2.45, 2.75) is 32.2 Å². The van der Waals surface area contributed by atoms with Gasteiger partial charge in [0, 0.05) is 19.6 Å². The molecule has 1 saturated heterocycles. The van der Waals surface area contributed by atoms with E-state index < -0.39 is 0 Å². The standard InChI is InChI=1S/C16H25N3O2/c1-12-15(17-8-9-21-12)16(20)18-10-13-6-4-5-7-14(13)11-19(2)3/h4-7,12,15,17H,8-11H2,1-3H3,(H,18,20)/t12-,15+/m1/s1. The molecule has 1 amide bonds. The summed E-state index contributed by atoms with van der Waals surface area (Å²) in [6.45, 7) is 4.73. The Balaban J connectivity index is 1.94. The van der Waals surface area contributed by atoms with Gasteiger partial charge in [0.15, 0.2) is 0 Å². The van der Waals surface area contributed by atoms with Crippen LogP contribution >= 0.6 is 0 Å². The third kappa shape index (κ3) is 4.52. The van der Waals surface area contributed by atoms with Gasteiger partial charge in [0.05, 0.1) is 12.7 Å². The zero-order valence-corrected chi connectivity index (χ0v) is 13.1. The van der Waals surface area contributed by atoms with Gasteiger partial charge in [0.1, 0.15) is 6.04 Å². The highest BCUT2D eigenvalue weighted by molar-refractivity contribution is 5.82. The van der Waals surface area contributed by atoms with Crippen LogP contribution in [0, 0.1) is 0 Å². The third-order valence-electron chi connectivity index (χ3n) is 3.66. The van der Waals surface area contributed by atoms with Crippen molar-refractivity contribution in [3.05, 3.63) is 35.4 Å². The topological polar surface area (TPSA) is 53.6 Å². The van der Waals surface area contributed by atoms with E-state index in [1.165, 1.54) is 5.56 Å². The highest BCUT2D eigenvalue weighted by Gasteiger charge is 2.27. The molecule has 0 aromatic heterocycles. The van der Waals surface area contributed by atoms with Crippen LogP contribution in [0.4, 0.5) is 0 Å². The van der Waals surface area contributed by atoms with Crippen molar-refractivity contribution in [1.82, 2.24) is 15.5 Å². The number of hydrogen-bond acceptors (Lipinski definition) is 4. The quantitative estimate of drug-likeness (QED) is 0.840. The van der Waals surface area contributed by atoms with E-state index in [2.05, 4.69) is 27.7 Å². The molecule has 0 radical (unpaired) electrons. The van der Waals surface area contributed by atoms with Gasteiger partial charge < -0.3 is 20.3 Å². The van der Waals surface area contributed by atoms with Crippen LogP contribution in [0.3, 0.4) is 0 Å². The maximum atomic E-state index is 12.3. The molecule has 1 aliphatic rings. The summed E-state index contributed by atoms with van der Waals surface area (Å²) in [6, 6.07) is 7.94. The van der Waals surface area contributed by atoms with Crippen LogP contribution in [0.25, 0.3) is 0 Å². The molecule has 5 heteroatoms. The molecule has 1 aromatic carbocycles. The van der Waals surface area contributed by atoms with Gasteiger partial charge in [-0.3, -0.25) is 4.79 Å². The van der Waals surface area contributed by atoms with E-state index in [0.29, 0.717) is 13.2 Å². The van der Waals surface area contributed by atoms with E-state index in [9.17, 15) is 4.79 Å². The van der Waals surface area contributed by atoms with Crippen LogP contribution in [0.2, 0.25) is 0 Å². The Hall–Kier alpha value is -1.43. The van der Waals surface area contributed by atoms with Crippen molar-refractivity contribution in [2.24, 2.45) is 0 Å². The Morgan fingerprint density at radius 2 is 2.10 bits per heavy atom. The Bertz CT molecular complexity index is 476. The smallest absolute Gasteiger partial charge is 0.240 e. The van der Waals surface area contributed by atoms with Crippen molar-refractivity contribution in [2.75, 3.05) is 27.2 Å². The summed E-state index contributed by atoms with van der Waals surface area (Å²) in [4.78, 5) is 14.4. The van der Waals surface area contributed by atoms with Crippen molar-refractivity contribution >= 4 is 5.91 Å². The molecule has 0 spiro atoms.